The van der Waals surface area contributed by atoms with E-state index < -0.39 is 5.97 Å². The first-order chi connectivity index (χ1) is 11.6. The van der Waals surface area contributed by atoms with Crippen LogP contribution in [0.3, 0.4) is 0 Å². The van der Waals surface area contributed by atoms with Crippen LogP contribution >= 0.6 is 11.3 Å². The Balaban J connectivity index is 1.44. The normalized spacial score (nSPS) is 33.5. The summed E-state index contributed by atoms with van der Waals surface area (Å²) in [5.41, 5.74) is 1.41. The van der Waals surface area contributed by atoms with Crippen molar-refractivity contribution in [1.82, 2.24) is 4.98 Å². The van der Waals surface area contributed by atoms with Gasteiger partial charge in [-0.2, -0.15) is 0 Å². The van der Waals surface area contributed by atoms with Gasteiger partial charge in [-0.25, -0.2) is 4.98 Å². The standard InChI is InChI=1S/C18H24N2O3S/c1-2-23-16(22)6-15(21)20-17-19-14(10-24-17)18-7-11-3-12(8-18)5-13(4-11)9-18/h10-13H,2-9H2,1H3,(H,19,20,21). The molecule has 0 atom stereocenters. The lowest BCUT2D eigenvalue weighted by atomic mass is 9.49. The Labute approximate surface area is 146 Å². The third kappa shape index (κ3) is 2.96. The van der Waals surface area contributed by atoms with Crippen LogP contribution in [-0.2, 0) is 19.7 Å². The quantitative estimate of drug-likeness (QED) is 0.653. The summed E-state index contributed by atoms with van der Waals surface area (Å²) >= 11 is 1.47. The molecule has 4 saturated carbocycles. The second-order valence-corrected chi connectivity index (χ2v) is 8.62. The van der Waals surface area contributed by atoms with Gasteiger partial charge in [-0.3, -0.25) is 9.59 Å². The van der Waals surface area contributed by atoms with Crippen molar-refractivity contribution < 1.29 is 14.3 Å². The summed E-state index contributed by atoms with van der Waals surface area (Å²) in [5, 5.41) is 5.48. The molecule has 0 saturated heterocycles. The topological polar surface area (TPSA) is 68.3 Å². The Hall–Kier alpha value is -1.43. The zero-order valence-corrected chi connectivity index (χ0v) is 14.9. The minimum absolute atomic E-state index is 0.245. The highest BCUT2D eigenvalue weighted by atomic mass is 32.1. The van der Waals surface area contributed by atoms with Gasteiger partial charge in [0.25, 0.3) is 0 Å². The van der Waals surface area contributed by atoms with E-state index >= 15 is 0 Å². The van der Waals surface area contributed by atoms with Gasteiger partial charge in [0.05, 0.1) is 12.3 Å². The van der Waals surface area contributed by atoms with E-state index in [0.29, 0.717) is 11.7 Å². The van der Waals surface area contributed by atoms with Crippen LogP contribution in [0.2, 0.25) is 0 Å². The van der Waals surface area contributed by atoms with Crippen molar-refractivity contribution in [1.29, 1.82) is 0 Å². The van der Waals surface area contributed by atoms with E-state index in [1.807, 2.05) is 0 Å². The van der Waals surface area contributed by atoms with Crippen LogP contribution < -0.4 is 5.32 Å². The summed E-state index contributed by atoms with van der Waals surface area (Å²) in [4.78, 5) is 28.0. The van der Waals surface area contributed by atoms with E-state index in [4.69, 9.17) is 9.72 Å². The van der Waals surface area contributed by atoms with Crippen molar-refractivity contribution >= 4 is 28.3 Å². The SMILES string of the molecule is CCOC(=O)CC(=O)Nc1nc(C23CC4CC(CC(C4)C2)C3)cs1. The molecular weight excluding hydrogens is 324 g/mol. The molecule has 4 aliphatic rings. The van der Waals surface area contributed by atoms with Crippen LogP contribution in [-0.4, -0.2) is 23.5 Å². The van der Waals surface area contributed by atoms with Gasteiger partial charge in [-0.15, -0.1) is 11.3 Å². The number of hydrogen-bond donors (Lipinski definition) is 1. The third-order valence-electron chi connectivity index (χ3n) is 5.94. The molecule has 6 heteroatoms. The smallest absolute Gasteiger partial charge is 0.315 e. The van der Waals surface area contributed by atoms with Gasteiger partial charge < -0.3 is 10.1 Å². The number of carbonyl (C=O) groups excluding carboxylic acids is 2. The van der Waals surface area contributed by atoms with E-state index in [0.717, 1.165) is 23.4 Å². The first-order valence-electron chi connectivity index (χ1n) is 8.98. The van der Waals surface area contributed by atoms with Crippen molar-refractivity contribution in [3.63, 3.8) is 0 Å². The second kappa shape index (κ2) is 6.14. The molecule has 5 rings (SSSR count). The van der Waals surface area contributed by atoms with Crippen LogP contribution in [0.25, 0.3) is 0 Å². The number of aromatic nitrogens is 1. The number of amides is 1. The summed E-state index contributed by atoms with van der Waals surface area (Å²) in [6.07, 6.45) is 7.77. The molecule has 4 fully saturated rings. The van der Waals surface area contributed by atoms with Gasteiger partial charge in [0, 0.05) is 10.8 Å². The van der Waals surface area contributed by atoms with Crippen LogP contribution in [0.15, 0.2) is 5.38 Å². The maximum absolute atomic E-state index is 11.9. The molecule has 1 aromatic rings. The third-order valence-corrected chi connectivity index (χ3v) is 6.70. The van der Waals surface area contributed by atoms with Gasteiger partial charge in [0.2, 0.25) is 5.91 Å². The Morgan fingerprint density at radius 2 is 1.88 bits per heavy atom. The van der Waals surface area contributed by atoms with Crippen molar-refractivity contribution in [3.05, 3.63) is 11.1 Å². The van der Waals surface area contributed by atoms with Crippen molar-refractivity contribution in [3.8, 4) is 0 Å². The summed E-state index contributed by atoms with van der Waals surface area (Å²) in [7, 11) is 0. The molecule has 0 aromatic carbocycles. The molecule has 24 heavy (non-hydrogen) atoms. The van der Waals surface area contributed by atoms with Crippen molar-refractivity contribution in [2.45, 2.75) is 57.3 Å². The number of thiazole rings is 1. The summed E-state index contributed by atoms with van der Waals surface area (Å²) in [5.74, 6) is 1.78. The maximum Gasteiger partial charge on any atom is 0.315 e. The number of nitrogens with zero attached hydrogens (tertiary/aromatic N) is 1. The van der Waals surface area contributed by atoms with E-state index in [1.54, 1.807) is 6.92 Å². The Morgan fingerprint density at radius 3 is 2.46 bits per heavy atom. The van der Waals surface area contributed by atoms with Crippen LogP contribution in [0.1, 0.15) is 57.6 Å². The average molecular weight is 348 g/mol. The fourth-order valence-electron chi connectivity index (χ4n) is 5.51. The minimum atomic E-state index is -0.493. The lowest BCUT2D eigenvalue weighted by molar-refractivity contribution is -0.145. The average Bonchev–Trinajstić information content (AvgIpc) is 2.95. The molecule has 1 aromatic heterocycles. The highest BCUT2D eigenvalue weighted by Gasteiger charge is 2.52. The van der Waals surface area contributed by atoms with Crippen molar-refractivity contribution in [2.24, 2.45) is 17.8 Å². The van der Waals surface area contributed by atoms with Crippen LogP contribution in [0.4, 0.5) is 5.13 Å². The lowest BCUT2D eigenvalue weighted by Gasteiger charge is -2.56. The predicted molar refractivity (Wildman–Crippen MR) is 91.8 cm³/mol. The van der Waals surface area contributed by atoms with E-state index in [9.17, 15) is 9.59 Å². The molecule has 4 bridgehead atoms. The summed E-state index contributed by atoms with van der Waals surface area (Å²) in [6.45, 7) is 2.02. The minimum Gasteiger partial charge on any atom is -0.466 e. The van der Waals surface area contributed by atoms with Gasteiger partial charge in [-0.05, 0) is 63.2 Å². The summed E-state index contributed by atoms with van der Waals surface area (Å²) in [6, 6.07) is 0. The molecule has 1 N–H and O–H groups in total. The number of hydrogen-bond acceptors (Lipinski definition) is 5. The molecule has 1 heterocycles. The first-order valence-corrected chi connectivity index (χ1v) is 9.86. The van der Waals surface area contributed by atoms with Gasteiger partial charge in [0.15, 0.2) is 5.13 Å². The molecule has 5 nitrogen and oxygen atoms in total. The van der Waals surface area contributed by atoms with Gasteiger partial charge >= 0.3 is 5.97 Å². The number of carbonyl (C=O) groups is 2. The van der Waals surface area contributed by atoms with Crippen molar-refractivity contribution in [2.75, 3.05) is 11.9 Å². The lowest BCUT2D eigenvalue weighted by Crippen LogP contribution is -2.48. The Kier molecular flexibility index (Phi) is 4.11. The second-order valence-electron chi connectivity index (χ2n) is 7.77. The number of nitrogens with one attached hydrogen (secondary N) is 1. The number of ether oxygens (including phenoxy) is 1. The zero-order valence-electron chi connectivity index (χ0n) is 14.0. The molecule has 0 aliphatic heterocycles. The molecule has 0 radical (unpaired) electrons. The number of rotatable bonds is 5. The van der Waals surface area contributed by atoms with Gasteiger partial charge in [-0.1, -0.05) is 0 Å². The molecule has 0 spiro atoms. The summed E-state index contributed by atoms with van der Waals surface area (Å²) < 4.78 is 4.80. The fraction of sp³-hybridized carbons (Fsp3) is 0.722. The fourth-order valence-corrected chi connectivity index (χ4v) is 6.36. The molecule has 4 aliphatic carbocycles. The number of esters is 1. The maximum atomic E-state index is 11.9. The molecule has 0 unspecified atom stereocenters. The van der Waals surface area contributed by atoms with Crippen LogP contribution in [0.5, 0.6) is 0 Å². The van der Waals surface area contributed by atoms with E-state index in [2.05, 4.69) is 10.7 Å². The Bertz CT molecular complexity index is 619. The molecule has 130 valence electrons. The van der Waals surface area contributed by atoms with Gasteiger partial charge in [0.1, 0.15) is 6.42 Å². The van der Waals surface area contributed by atoms with E-state index in [-0.39, 0.29) is 17.7 Å². The molecular formula is C18H24N2O3S. The Morgan fingerprint density at radius 1 is 1.25 bits per heavy atom. The monoisotopic (exact) mass is 348 g/mol. The zero-order chi connectivity index (χ0) is 16.7. The predicted octanol–water partition coefficient (Wildman–Crippen LogP) is 3.50. The van der Waals surface area contributed by atoms with E-state index in [1.165, 1.54) is 49.9 Å². The molecule has 1 amide bonds. The largest absolute Gasteiger partial charge is 0.466 e. The highest BCUT2D eigenvalue weighted by Crippen LogP contribution is 2.60. The van der Waals surface area contributed by atoms with Crippen LogP contribution in [0, 0.1) is 17.8 Å². The number of anilines is 1. The highest BCUT2D eigenvalue weighted by molar-refractivity contribution is 7.14. The first kappa shape index (κ1) is 16.1.